The average Bonchev–Trinajstić information content (AvgIpc) is 3.14. The molecule has 1 N–H and O–H groups in total. The lowest BCUT2D eigenvalue weighted by Crippen LogP contribution is -2.38. The highest BCUT2D eigenvalue weighted by molar-refractivity contribution is 7.17. The Hall–Kier alpha value is -1.85. The Morgan fingerprint density at radius 1 is 1.30 bits per heavy atom. The molecule has 1 aromatic heterocycles. The summed E-state index contributed by atoms with van der Waals surface area (Å²) in [7, 11) is 0. The maximum atomic E-state index is 12.5. The van der Waals surface area contributed by atoms with Gasteiger partial charge in [0.2, 0.25) is 0 Å². The normalized spacial score (nSPS) is 19.1. The summed E-state index contributed by atoms with van der Waals surface area (Å²) in [5.74, 6) is 0.948. The fraction of sp³-hybridized carbons (Fsp3) is 0.500. The smallest absolute Gasteiger partial charge is 0.261 e. The van der Waals surface area contributed by atoms with Crippen LogP contribution in [0, 0.1) is 0 Å². The number of carbonyl (C=O) groups is 1. The molecule has 2 aliphatic heterocycles. The summed E-state index contributed by atoms with van der Waals surface area (Å²) in [5.41, 5.74) is 2.21. The van der Waals surface area contributed by atoms with Crippen molar-refractivity contribution < 1.29 is 9.53 Å². The lowest BCUT2D eigenvalue weighted by Gasteiger charge is -2.33. The molecule has 3 heterocycles. The molecule has 144 valence electrons. The number of carbonyl (C=O) groups excluding carboxylic acids is 1. The standard InChI is InChI=1S/C22H28N2O2S/c1-16-8-4-6-12-24(16)13-7-5-11-23-22(25)20-14-17-15-26-19-10-3-2-9-18(19)21(17)27-20/h2-3,9-10,14,16H,4-8,11-13,15H2,1H3,(H,23,25). The maximum Gasteiger partial charge on any atom is 0.261 e. The van der Waals surface area contributed by atoms with Crippen LogP contribution in [-0.2, 0) is 6.61 Å². The molecule has 4 nitrogen and oxygen atoms in total. The van der Waals surface area contributed by atoms with Crippen molar-refractivity contribution in [1.29, 1.82) is 0 Å². The quantitative estimate of drug-likeness (QED) is 0.735. The van der Waals surface area contributed by atoms with Gasteiger partial charge in [-0.2, -0.15) is 0 Å². The summed E-state index contributed by atoms with van der Waals surface area (Å²) in [4.78, 5) is 17.1. The van der Waals surface area contributed by atoms with Crippen LogP contribution in [0.3, 0.4) is 0 Å². The third-order valence-electron chi connectivity index (χ3n) is 5.65. The minimum Gasteiger partial charge on any atom is -0.488 e. The number of piperidine rings is 1. The molecule has 1 aromatic carbocycles. The van der Waals surface area contributed by atoms with Gasteiger partial charge in [0.1, 0.15) is 12.4 Å². The molecule has 0 saturated carbocycles. The number of amides is 1. The van der Waals surface area contributed by atoms with Crippen LogP contribution >= 0.6 is 11.3 Å². The SMILES string of the molecule is CC1CCCCN1CCCCNC(=O)c1cc2c(s1)-c1ccccc1OC2. The average molecular weight is 385 g/mol. The third kappa shape index (κ3) is 4.19. The van der Waals surface area contributed by atoms with E-state index in [2.05, 4.69) is 23.2 Å². The van der Waals surface area contributed by atoms with E-state index in [1.54, 1.807) is 11.3 Å². The molecule has 1 amide bonds. The van der Waals surface area contributed by atoms with Gasteiger partial charge in [-0.25, -0.2) is 0 Å². The molecule has 0 radical (unpaired) electrons. The molecule has 2 aromatic rings. The number of unbranched alkanes of at least 4 members (excludes halogenated alkanes) is 1. The number of likely N-dealkylation sites (tertiary alicyclic amines) is 1. The highest BCUT2D eigenvalue weighted by atomic mass is 32.1. The Balaban J connectivity index is 1.27. The van der Waals surface area contributed by atoms with Crippen LogP contribution in [0.1, 0.15) is 54.3 Å². The van der Waals surface area contributed by atoms with Crippen molar-refractivity contribution in [2.24, 2.45) is 0 Å². The van der Waals surface area contributed by atoms with Crippen LogP contribution in [0.25, 0.3) is 10.4 Å². The first-order valence-electron chi connectivity index (χ1n) is 10.1. The van der Waals surface area contributed by atoms with Crippen molar-refractivity contribution in [2.75, 3.05) is 19.6 Å². The van der Waals surface area contributed by atoms with Gasteiger partial charge in [0.05, 0.1) is 4.88 Å². The molecule has 0 bridgehead atoms. The second kappa shape index (κ2) is 8.44. The van der Waals surface area contributed by atoms with Crippen molar-refractivity contribution in [3.8, 4) is 16.2 Å². The van der Waals surface area contributed by atoms with Crippen molar-refractivity contribution in [1.82, 2.24) is 10.2 Å². The highest BCUT2D eigenvalue weighted by Gasteiger charge is 2.22. The third-order valence-corrected chi connectivity index (χ3v) is 6.86. The minimum atomic E-state index is 0.0400. The molecule has 27 heavy (non-hydrogen) atoms. The zero-order valence-corrected chi connectivity index (χ0v) is 16.8. The predicted molar refractivity (Wildman–Crippen MR) is 111 cm³/mol. The molecule has 1 saturated heterocycles. The van der Waals surface area contributed by atoms with E-state index >= 15 is 0 Å². The number of ether oxygens (including phenoxy) is 1. The summed E-state index contributed by atoms with van der Waals surface area (Å²) < 4.78 is 5.79. The number of fused-ring (bicyclic) bond motifs is 3. The fourth-order valence-electron chi connectivity index (χ4n) is 4.03. The van der Waals surface area contributed by atoms with Crippen LogP contribution in [0.4, 0.5) is 0 Å². The molecular weight excluding hydrogens is 356 g/mol. The number of nitrogens with one attached hydrogen (secondary N) is 1. The molecule has 4 rings (SSSR count). The van der Waals surface area contributed by atoms with E-state index in [9.17, 15) is 4.79 Å². The van der Waals surface area contributed by atoms with Gasteiger partial charge in [-0.3, -0.25) is 4.79 Å². The number of rotatable bonds is 6. The molecule has 5 heteroatoms. The second-order valence-electron chi connectivity index (χ2n) is 7.59. The van der Waals surface area contributed by atoms with Crippen molar-refractivity contribution >= 4 is 17.2 Å². The van der Waals surface area contributed by atoms with Crippen LogP contribution in [0.5, 0.6) is 5.75 Å². The van der Waals surface area contributed by atoms with Crippen LogP contribution in [0.2, 0.25) is 0 Å². The monoisotopic (exact) mass is 384 g/mol. The van der Waals surface area contributed by atoms with Gasteiger partial charge in [0, 0.05) is 28.6 Å². The molecule has 1 atom stereocenters. The Kier molecular flexibility index (Phi) is 5.79. The first-order valence-corrected chi connectivity index (χ1v) is 10.9. The van der Waals surface area contributed by atoms with Crippen LogP contribution < -0.4 is 10.1 Å². The number of benzene rings is 1. The minimum absolute atomic E-state index is 0.0400. The number of thiophene rings is 1. The maximum absolute atomic E-state index is 12.5. The topological polar surface area (TPSA) is 41.6 Å². The van der Waals surface area contributed by atoms with Gasteiger partial charge in [-0.1, -0.05) is 18.6 Å². The predicted octanol–water partition coefficient (Wildman–Crippen LogP) is 4.69. The lowest BCUT2D eigenvalue weighted by atomic mass is 10.0. The van der Waals surface area contributed by atoms with Gasteiger partial charge in [0.25, 0.3) is 5.91 Å². The number of hydrogen-bond donors (Lipinski definition) is 1. The Morgan fingerprint density at radius 3 is 3.07 bits per heavy atom. The molecule has 1 fully saturated rings. The summed E-state index contributed by atoms with van der Waals surface area (Å²) in [6.07, 6.45) is 6.20. The first kappa shape index (κ1) is 18.5. The summed E-state index contributed by atoms with van der Waals surface area (Å²) in [6.45, 7) is 6.01. The Morgan fingerprint density at radius 2 is 2.19 bits per heavy atom. The molecule has 0 aliphatic carbocycles. The number of nitrogens with zero attached hydrogens (tertiary/aromatic N) is 1. The summed E-state index contributed by atoms with van der Waals surface area (Å²) in [6, 6.07) is 10.8. The van der Waals surface area contributed by atoms with E-state index in [1.165, 1.54) is 30.7 Å². The largest absolute Gasteiger partial charge is 0.488 e. The van der Waals surface area contributed by atoms with E-state index in [0.717, 1.165) is 53.7 Å². The molecule has 1 unspecified atom stereocenters. The van der Waals surface area contributed by atoms with Gasteiger partial charge in [-0.05, 0) is 63.9 Å². The van der Waals surface area contributed by atoms with Gasteiger partial charge in [0.15, 0.2) is 0 Å². The van der Waals surface area contributed by atoms with Crippen LogP contribution in [0.15, 0.2) is 30.3 Å². The van der Waals surface area contributed by atoms with Crippen molar-refractivity contribution in [2.45, 2.75) is 51.7 Å². The number of para-hydroxylation sites is 1. The molecule has 2 aliphatic rings. The second-order valence-corrected chi connectivity index (χ2v) is 8.65. The van der Waals surface area contributed by atoms with E-state index in [4.69, 9.17) is 4.74 Å². The molecule has 0 spiro atoms. The molecular formula is C22H28N2O2S. The van der Waals surface area contributed by atoms with Gasteiger partial charge in [-0.15, -0.1) is 11.3 Å². The summed E-state index contributed by atoms with van der Waals surface area (Å²) >= 11 is 1.57. The Labute approximate surface area is 165 Å². The highest BCUT2D eigenvalue weighted by Crippen LogP contribution is 2.42. The van der Waals surface area contributed by atoms with E-state index in [1.807, 2.05) is 24.3 Å². The summed E-state index contributed by atoms with van der Waals surface area (Å²) in [5, 5.41) is 3.09. The van der Waals surface area contributed by atoms with Gasteiger partial charge < -0.3 is 15.0 Å². The fourth-order valence-corrected chi connectivity index (χ4v) is 5.14. The van der Waals surface area contributed by atoms with Gasteiger partial charge >= 0.3 is 0 Å². The number of hydrogen-bond acceptors (Lipinski definition) is 4. The lowest BCUT2D eigenvalue weighted by molar-refractivity contribution is 0.0955. The zero-order valence-electron chi connectivity index (χ0n) is 16.0. The first-order chi connectivity index (χ1) is 13.2. The zero-order chi connectivity index (χ0) is 18.6. The van der Waals surface area contributed by atoms with E-state index in [0.29, 0.717) is 6.61 Å². The van der Waals surface area contributed by atoms with Crippen LogP contribution in [-0.4, -0.2) is 36.5 Å². The van der Waals surface area contributed by atoms with Crippen molar-refractivity contribution in [3.63, 3.8) is 0 Å². The van der Waals surface area contributed by atoms with Crippen molar-refractivity contribution in [3.05, 3.63) is 40.8 Å². The van der Waals surface area contributed by atoms with E-state index in [-0.39, 0.29) is 5.91 Å². The Bertz CT molecular complexity index is 801. The van der Waals surface area contributed by atoms with E-state index < -0.39 is 0 Å².